The van der Waals surface area contributed by atoms with Gasteiger partial charge in [-0.15, -0.1) is 0 Å². The Hall–Kier alpha value is -3.45. The highest BCUT2D eigenvalue weighted by atomic mass is 32.1. The Bertz CT molecular complexity index is 1300. The number of carbonyl (C=O) groups is 1. The number of amides is 1. The lowest BCUT2D eigenvalue weighted by atomic mass is 10.0. The van der Waals surface area contributed by atoms with E-state index in [1.54, 1.807) is 6.07 Å². The summed E-state index contributed by atoms with van der Waals surface area (Å²) in [5.74, 6) is 0.277. The molecule has 0 atom stereocenters. The molecular weight excluding hydrogens is 400 g/mol. The number of benzene rings is 2. The van der Waals surface area contributed by atoms with Crippen LogP contribution in [0.25, 0.3) is 21.2 Å². The Balaban J connectivity index is 1.57. The number of rotatable bonds is 6. The third-order valence-electron chi connectivity index (χ3n) is 4.62. The molecule has 1 N–H and O–H groups in total. The number of para-hydroxylation sites is 1. The molecule has 0 unspecified atom stereocenters. The first-order chi connectivity index (χ1) is 14.4. The van der Waals surface area contributed by atoms with Gasteiger partial charge in [-0.3, -0.25) is 4.79 Å². The Morgan fingerprint density at radius 1 is 1.27 bits per heavy atom. The van der Waals surface area contributed by atoms with Crippen molar-refractivity contribution >= 4 is 43.6 Å². The molecule has 0 radical (unpaired) electrons. The highest BCUT2D eigenvalue weighted by Crippen LogP contribution is 2.27. The molecule has 0 saturated carbocycles. The SMILES string of the molecule is C=C(C)COc1ccc2c(C)c(CC(=O)Nc3nc4ccccc4s3)c(=O)oc2c1. The number of hydrogen-bond donors (Lipinski definition) is 1. The lowest BCUT2D eigenvalue weighted by Crippen LogP contribution is -2.20. The summed E-state index contributed by atoms with van der Waals surface area (Å²) in [6.45, 7) is 7.88. The van der Waals surface area contributed by atoms with Crippen LogP contribution in [0.15, 0.2) is 63.8 Å². The predicted octanol–water partition coefficient (Wildman–Crippen LogP) is 4.85. The van der Waals surface area contributed by atoms with Crippen molar-refractivity contribution in [1.82, 2.24) is 4.98 Å². The van der Waals surface area contributed by atoms with Crippen LogP contribution in [0.3, 0.4) is 0 Å². The van der Waals surface area contributed by atoms with E-state index >= 15 is 0 Å². The molecule has 2 aromatic carbocycles. The molecule has 0 aliphatic carbocycles. The number of anilines is 1. The zero-order chi connectivity index (χ0) is 21.3. The molecule has 6 nitrogen and oxygen atoms in total. The molecule has 4 aromatic rings. The maximum atomic E-state index is 12.5. The molecule has 2 aromatic heterocycles. The highest BCUT2D eigenvalue weighted by Gasteiger charge is 2.16. The molecule has 0 saturated heterocycles. The molecule has 7 heteroatoms. The average molecular weight is 420 g/mol. The minimum Gasteiger partial charge on any atom is -0.489 e. The summed E-state index contributed by atoms with van der Waals surface area (Å²) in [7, 11) is 0. The average Bonchev–Trinajstić information content (AvgIpc) is 3.11. The fraction of sp³-hybridized carbons (Fsp3) is 0.174. The first kappa shape index (κ1) is 19.8. The molecule has 0 spiro atoms. The van der Waals surface area contributed by atoms with Crippen molar-refractivity contribution in [3.8, 4) is 5.75 Å². The molecule has 4 rings (SSSR count). The molecule has 1 amide bonds. The van der Waals surface area contributed by atoms with Gasteiger partial charge in [-0.1, -0.05) is 30.0 Å². The monoisotopic (exact) mass is 420 g/mol. The normalized spacial score (nSPS) is 11.0. The molecule has 0 aliphatic heterocycles. The van der Waals surface area contributed by atoms with Crippen LogP contribution < -0.4 is 15.7 Å². The zero-order valence-electron chi connectivity index (χ0n) is 16.7. The van der Waals surface area contributed by atoms with Crippen LogP contribution in [0.4, 0.5) is 5.13 Å². The smallest absolute Gasteiger partial charge is 0.340 e. The standard InChI is InChI=1S/C23H20N2O4S/c1-13(2)12-28-15-8-9-16-14(3)17(22(27)29-19(16)10-15)11-21(26)25-23-24-18-6-4-5-7-20(18)30-23/h4-10H,1,11-12H2,2-3H3,(H,24,25,26). The summed E-state index contributed by atoms with van der Waals surface area (Å²) in [5, 5.41) is 4.05. The summed E-state index contributed by atoms with van der Waals surface area (Å²) in [6.07, 6.45) is -0.0893. The van der Waals surface area contributed by atoms with E-state index in [1.807, 2.05) is 50.2 Å². The van der Waals surface area contributed by atoms with Crippen molar-refractivity contribution in [3.05, 3.63) is 76.2 Å². The van der Waals surface area contributed by atoms with E-state index in [-0.39, 0.29) is 12.3 Å². The van der Waals surface area contributed by atoms with Crippen LogP contribution in [-0.4, -0.2) is 17.5 Å². The van der Waals surface area contributed by atoms with E-state index in [1.165, 1.54) is 11.3 Å². The van der Waals surface area contributed by atoms with Gasteiger partial charge in [-0.25, -0.2) is 9.78 Å². The van der Waals surface area contributed by atoms with Gasteiger partial charge < -0.3 is 14.5 Å². The van der Waals surface area contributed by atoms with Gasteiger partial charge in [0, 0.05) is 11.5 Å². The number of hydrogen-bond acceptors (Lipinski definition) is 6. The van der Waals surface area contributed by atoms with Gasteiger partial charge in [0.25, 0.3) is 0 Å². The molecular formula is C23H20N2O4S. The second-order valence-corrected chi connectivity index (χ2v) is 8.14. The van der Waals surface area contributed by atoms with Crippen molar-refractivity contribution in [3.63, 3.8) is 0 Å². The van der Waals surface area contributed by atoms with Crippen LogP contribution in [0.5, 0.6) is 5.75 Å². The van der Waals surface area contributed by atoms with E-state index in [2.05, 4.69) is 16.9 Å². The van der Waals surface area contributed by atoms with Crippen molar-refractivity contribution in [2.75, 3.05) is 11.9 Å². The fourth-order valence-corrected chi connectivity index (χ4v) is 4.01. The molecule has 0 aliphatic rings. The third-order valence-corrected chi connectivity index (χ3v) is 5.57. The van der Waals surface area contributed by atoms with Crippen LogP contribution >= 0.6 is 11.3 Å². The summed E-state index contributed by atoms with van der Waals surface area (Å²) in [6, 6.07) is 13.0. The molecule has 0 bridgehead atoms. The second kappa shape index (κ2) is 8.12. The topological polar surface area (TPSA) is 81.4 Å². The number of fused-ring (bicyclic) bond motifs is 2. The zero-order valence-corrected chi connectivity index (χ0v) is 17.5. The first-order valence-electron chi connectivity index (χ1n) is 9.39. The lowest BCUT2D eigenvalue weighted by Gasteiger charge is -2.10. The molecule has 30 heavy (non-hydrogen) atoms. The van der Waals surface area contributed by atoms with E-state index in [0.717, 1.165) is 21.2 Å². The minimum atomic E-state index is -0.531. The number of nitrogens with one attached hydrogen (secondary N) is 1. The first-order valence-corrected chi connectivity index (χ1v) is 10.2. The van der Waals surface area contributed by atoms with Crippen LogP contribution in [0, 0.1) is 6.92 Å². The van der Waals surface area contributed by atoms with Gasteiger partial charge >= 0.3 is 5.63 Å². The van der Waals surface area contributed by atoms with Gasteiger partial charge in [-0.2, -0.15) is 0 Å². The molecule has 0 fully saturated rings. The largest absolute Gasteiger partial charge is 0.489 e. The van der Waals surface area contributed by atoms with Gasteiger partial charge in [0.2, 0.25) is 5.91 Å². The number of thiazole rings is 1. The Labute approximate surface area is 176 Å². The van der Waals surface area contributed by atoms with Crippen molar-refractivity contribution in [1.29, 1.82) is 0 Å². The third kappa shape index (κ3) is 4.11. The van der Waals surface area contributed by atoms with E-state index in [9.17, 15) is 9.59 Å². The number of carbonyl (C=O) groups excluding carboxylic acids is 1. The number of nitrogens with zero attached hydrogens (tertiary/aromatic N) is 1. The maximum absolute atomic E-state index is 12.5. The van der Waals surface area contributed by atoms with Gasteiger partial charge in [0.05, 0.1) is 22.2 Å². The number of aromatic nitrogens is 1. The van der Waals surface area contributed by atoms with E-state index < -0.39 is 5.63 Å². The van der Waals surface area contributed by atoms with E-state index in [0.29, 0.717) is 34.2 Å². The van der Waals surface area contributed by atoms with Crippen molar-refractivity contribution in [2.24, 2.45) is 0 Å². The number of aryl methyl sites for hydroxylation is 1. The van der Waals surface area contributed by atoms with Crippen LogP contribution in [0.2, 0.25) is 0 Å². The summed E-state index contributed by atoms with van der Waals surface area (Å²) >= 11 is 1.39. The van der Waals surface area contributed by atoms with Crippen molar-refractivity contribution < 1.29 is 13.9 Å². The van der Waals surface area contributed by atoms with Gasteiger partial charge in [0.15, 0.2) is 5.13 Å². The summed E-state index contributed by atoms with van der Waals surface area (Å²) < 4.78 is 12.1. The molecule has 2 heterocycles. The quantitative estimate of drug-likeness (QED) is 0.356. The minimum absolute atomic E-state index is 0.0893. The lowest BCUT2D eigenvalue weighted by molar-refractivity contribution is -0.115. The van der Waals surface area contributed by atoms with Crippen molar-refractivity contribution in [2.45, 2.75) is 20.3 Å². The highest BCUT2D eigenvalue weighted by molar-refractivity contribution is 7.22. The van der Waals surface area contributed by atoms with Crippen LogP contribution in [-0.2, 0) is 11.2 Å². The van der Waals surface area contributed by atoms with Crippen LogP contribution in [0.1, 0.15) is 18.1 Å². The predicted molar refractivity (Wildman–Crippen MR) is 119 cm³/mol. The molecule has 152 valence electrons. The number of ether oxygens (including phenoxy) is 1. The van der Waals surface area contributed by atoms with Gasteiger partial charge in [-0.05, 0) is 49.2 Å². The Morgan fingerprint density at radius 3 is 2.83 bits per heavy atom. The Kier molecular flexibility index (Phi) is 5.37. The maximum Gasteiger partial charge on any atom is 0.340 e. The van der Waals surface area contributed by atoms with E-state index in [4.69, 9.17) is 9.15 Å². The van der Waals surface area contributed by atoms with Gasteiger partial charge in [0.1, 0.15) is 17.9 Å². The fourth-order valence-electron chi connectivity index (χ4n) is 3.12. The Morgan fingerprint density at radius 2 is 2.07 bits per heavy atom. The summed E-state index contributed by atoms with van der Waals surface area (Å²) in [5.41, 5.74) is 2.65. The summed E-state index contributed by atoms with van der Waals surface area (Å²) in [4.78, 5) is 29.5. The second-order valence-electron chi connectivity index (χ2n) is 7.11.